The standard InChI is InChI=1S/C18H12F5NO/c19-13-7-14-11(5-6-24-17(14)16(20)8-13)9-25-10-12-3-1-2-4-15(12)18(21,22)23/h1-8H,9-10H2. The van der Waals surface area contributed by atoms with Crippen molar-refractivity contribution in [2.24, 2.45) is 0 Å². The maximum absolute atomic E-state index is 13.7. The highest BCUT2D eigenvalue weighted by atomic mass is 19.4. The van der Waals surface area contributed by atoms with Crippen LogP contribution in [0.1, 0.15) is 16.7 Å². The maximum atomic E-state index is 13.7. The molecule has 25 heavy (non-hydrogen) atoms. The van der Waals surface area contributed by atoms with Crippen LogP contribution in [-0.4, -0.2) is 4.98 Å². The number of ether oxygens (including phenoxy) is 1. The fraction of sp³-hybridized carbons (Fsp3) is 0.167. The van der Waals surface area contributed by atoms with E-state index in [-0.39, 0.29) is 29.7 Å². The third-order valence-corrected chi connectivity index (χ3v) is 3.69. The zero-order chi connectivity index (χ0) is 18.0. The lowest BCUT2D eigenvalue weighted by Crippen LogP contribution is -2.10. The fourth-order valence-electron chi connectivity index (χ4n) is 2.55. The van der Waals surface area contributed by atoms with Crippen molar-refractivity contribution in [3.63, 3.8) is 0 Å². The van der Waals surface area contributed by atoms with E-state index in [1.807, 2.05) is 0 Å². The quantitative estimate of drug-likeness (QED) is 0.598. The number of benzene rings is 2. The van der Waals surface area contributed by atoms with Gasteiger partial charge in [-0.2, -0.15) is 13.2 Å². The van der Waals surface area contributed by atoms with E-state index in [1.54, 1.807) is 0 Å². The molecule has 0 aliphatic rings. The molecule has 0 bridgehead atoms. The van der Waals surface area contributed by atoms with Crippen LogP contribution < -0.4 is 0 Å². The van der Waals surface area contributed by atoms with Gasteiger partial charge in [0.05, 0.1) is 18.8 Å². The second-order valence-electron chi connectivity index (χ2n) is 5.40. The van der Waals surface area contributed by atoms with Gasteiger partial charge in [-0.3, -0.25) is 4.98 Å². The number of hydrogen-bond donors (Lipinski definition) is 0. The molecule has 130 valence electrons. The van der Waals surface area contributed by atoms with Crippen molar-refractivity contribution in [3.8, 4) is 0 Å². The number of hydrogen-bond acceptors (Lipinski definition) is 2. The molecule has 0 N–H and O–H groups in total. The topological polar surface area (TPSA) is 22.1 Å². The Kier molecular flexibility index (Phi) is 4.67. The molecule has 1 aromatic heterocycles. The maximum Gasteiger partial charge on any atom is 0.416 e. The van der Waals surface area contributed by atoms with Gasteiger partial charge >= 0.3 is 6.18 Å². The van der Waals surface area contributed by atoms with E-state index in [0.29, 0.717) is 5.56 Å². The molecule has 0 aliphatic heterocycles. The summed E-state index contributed by atoms with van der Waals surface area (Å²) in [6, 6.07) is 8.44. The van der Waals surface area contributed by atoms with E-state index in [2.05, 4.69) is 4.98 Å². The molecule has 2 nitrogen and oxygen atoms in total. The fourth-order valence-corrected chi connectivity index (χ4v) is 2.55. The highest BCUT2D eigenvalue weighted by molar-refractivity contribution is 5.82. The number of pyridine rings is 1. The highest BCUT2D eigenvalue weighted by Crippen LogP contribution is 2.32. The second-order valence-corrected chi connectivity index (χ2v) is 5.40. The number of nitrogens with zero attached hydrogens (tertiary/aromatic N) is 1. The summed E-state index contributed by atoms with van der Waals surface area (Å²) in [5.74, 6) is -1.57. The molecule has 0 amide bonds. The zero-order valence-electron chi connectivity index (χ0n) is 12.8. The Morgan fingerprint density at radius 1 is 0.920 bits per heavy atom. The molecule has 1 heterocycles. The molecule has 0 spiro atoms. The lowest BCUT2D eigenvalue weighted by Gasteiger charge is -2.13. The molecule has 0 aliphatic carbocycles. The van der Waals surface area contributed by atoms with Gasteiger partial charge in [0.2, 0.25) is 0 Å². The predicted molar refractivity (Wildman–Crippen MR) is 81.6 cm³/mol. The third-order valence-electron chi connectivity index (χ3n) is 3.69. The van der Waals surface area contributed by atoms with Crippen LogP contribution in [0.15, 0.2) is 48.7 Å². The smallest absolute Gasteiger partial charge is 0.372 e. The Balaban J connectivity index is 1.81. The zero-order valence-corrected chi connectivity index (χ0v) is 12.8. The van der Waals surface area contributed by atoms with Gasteiger partial charge in [-0.25, -0.2) is 8.78 Å². The first-order valence-corrected chi connectivity index (χ1v) is 7.32. The summed E-state index contributed by atoms with van der Waals surface area (Å²) >= 11 is 0. The van der Waals surface area contributed by atoms with Crippen LogP contribution in [0.25, 0.3) is 10.9 Å². The van der Waals surface area contributed by atoms with Crippen molar-refractivity contribution >= 4 is 10.9 Å². The van der Waals surface area contributed by atoms with Crippen molar-refractivity contribution in [1.29, 1.82) is 0 Å². The molecule has 2 aromatic carbocycles. The summed E-state index contributed by atoms with van der Waals surface area (Å²) in [7, 11) is 0. The molecule has 0 saturated heterocycles. The summed E-state index contributed by atoms with van der Waals surface area (Å²) in [6.45, 7) is -0.384. The van der Waals surface area contributed by atoms with Crippen LogP contribution in [0.5, 0.6) is 0 Å². The summed E-state index contributed by atoms with van der Waals surface area (Å²) in [4.78, 5) is 3.85. The van der Waals surface area contributed by atoms with Gasteiger partial charge in [-0.15, -0.1) is 0 Å². The van der Waals surface area contributed by atoms with E-state index in [1.165, 1.54) is 30.5 Å². The van der Waals surface area contributed by atoms with Crippen molar-refractivity contribution in [1.82, 2.24) is 4.98 Å². The van der Waals surface area contributed by atoms with E-state index >= 15 is 0 Å². The molecular formula is C18H12F5NO. The van der Waals surface area contributed by atoms with Crippen molar-refractivity contribution < 1.29 is 26.7 Å². The highest BCUT2D eigenvalue weighted by Gasteiger charge is 2.32. The van der Waals surface area contributed by atoms with E-state index in [4.69, 9.17) is 4.74 Å². The number of aromatic nitrogens is 1. The minimum atomic E-state index is -4.48. The Morgan fingerprint density at radius 3 is 2.40 bits per heavy atom. The molecule has 3 rings (SSSR count). The van der Waals surface area contributed by atoms with Crippen molar-refractivity contribution in [2.75, 3.05) is 0 Å². The van der Waals surface area contributed by atoms with Crippen LogP contribution in [0.3, 0.4) is 0 Å². The Morgan fingerprint density at radius 2 is 1.64 bits per heavy atom. The lowest BCUT2D eigenvalue weighted by atomic mass is 10.1. The Hall–Kier alpha value is -2.54. The van der Waals surface area contributed by atoms with E-state index in [0.717, 1.165) is 18.2 Å². The number of halogens is 5. The largest absolute Gasteiger partial charge is 0.416 e. The van der Waals surface area contributed by atoms with Gasteiger partial charge < -0.3 is 4.74 Å². The monoisotopic (exact) mass is 353 g/mol. The SMILES string of the molecule is Fc1cc(F)c2nccc(COCc3ccccc3C(F)(F)F)c2c1. The van der Waals surface area contributed by atoms with Crippen LogP contribution in [-0.2, 0) is 24.1 Å². The summed E-state index contributed by atoms with van der Waals surface area (Å²) in [6.07, 6.45) is -3.14. The molecule has 0 atom stereocenters. The molecule has 0 saturated carbocycles. The normalized spacial score (nSPS) is 11.9. The summed E-state index contributed by atoms with van der Waals surface area (Å²) in [5, 5.41) is 0.226. The van der Waals surface area contributed by atoms with Gasteiger partial charge in [0.25, 0.3) is 0 Å². The third kappa shape index (κ3) is 3.76. The first-order valence-electron chi connectivity index (χ1n) is 7.32. The minimum absolute atomic E-state index is 0.00859. The van der Waals surface area contributed by atoms with Crippen molar-refractivity contribution in [3.05, 3.63) is 77.0 Å². The molecular weight excluding hydrogens is 341 g/mol. The Bertz CT molecular complexity index is 908. The molecule has 7 heteroatoms. The Labute approximate surface area is 139 Å². The first-order chi connectivity index (χ1) is 11.9. The minimum Gasteiger partial charge on any atom is -0.372 e. The van der Waals surface area contributed by atoms with Crippen molar-refractivity contribution in [2.45, 2.75) is 19.4 Å². The van der Waals surface area contributed by atoms with Gasteiger partial charge in [-0.1, -0.05) is 18.2 Å². The van der Waals surface area contributed by atoms with Gasteiger partial charge in [-0.05, 0) is 29.3 Å². The number of fused-ring (bicyclic) bond motifs is 1. The summed E-state index contributed by atoms with van der Waals surface area (Å²) < 4.78 is 71.3. The number of rotatable bonds is 4. The van der Waals surface area contributed by atoms with E-state index < -0.39 is 23.4 Å². The molecule has 0 unspecified atom stereocenters. The first kappa shape index (κ1) is 17.3. The summed E-state index contributed by atoms with van der Waals surface area (Å²) in [5.41, 5.74) is -0.358. The average Bonchev–Trinajstić information content (AvgIpc) is 2.55. The van der Waals surface area contributed by atoms with Gasteiger partial charge in [0.1, 0.15) is 11.3 Å². The second kappa shape index (κ2) is 6.76. The lowest BCUT2D eigenvalue weighted by molar-refractivity contribution is -0.138. The van der Waals surface area contributed by atoms with Crippen LogP contribution in [0, 0.1) is 11.6 Å². The molecule has 3 aromatic rings. The van der Waals surface area contributed by atoms with E-state index in [9.17, 15) is 22.0 Å². The average molecular weight is 353 g/mol. The van der Waals surface area contributed by atoms with Gasteiger partial charge in [0, 0.05) is 17.6 Å². The molecule has 0 fully saturated rings. The number of alkyl halides is 3. The van der Waals surface area contributed by atoms with Gasteiger partial charge in [0.15, 0.2) is 5.82 Å². The van der Waals surface area contributed by atoms with Crippen LogP contribution >= 0.6 is 0 Å². The van der Waals surface area contributed by atoms with Crippen LogP contribution in [0.4, 0.5) is 22.0 Å². The molecule has 0 radical (unpaired) electrons. The van der Waals surface area contributed by atoms with Crippen LogP contribution in [0.2, 0.25) is 0 Å². The predicted octanol–water partition coefficient (Wildman–Crippen LogP) is 5.25.